The fourth-order valence-corrected chi connectivity index (χ4v) is 3.66. The lowest BCUT2D eigenvalue weighted by atomic mass is 10.0. The van der Waals surface area contributed by atoms with E-state index in [1.165, 1.54) is 6.07 Å². The van der Waals surface area contributed by atoms with Crippen molar-refractivity contribution in [3.8, 4) is 0 Å². The van der Waals surface area contributed by atoms with E-state index in [9.17, 15) is 14.0 Å². The number of piperidine rings is 1. The summed E-state index contributed by atoms with van der Waals surface area (Å²) >= 11 is 0. The molecular weight excluding hydrogens is 397 g/mol. The third-order valence-corrected chi connectivity index (χ3v) is 5.45. The molecular formula is C23H30FN5O2. The maximum Gasteiger partial charge on any atom is 0.315 e. The molecule has 0 saturated carbocycles. The Morgan fingerprint density at radius 2 is 2.13 bits per heavy atom. The number of pyridine rings is 1. The summed E-state index contributed by atoms with van der Waals surface area (Å²) in [7, 11) is 1.71. The predicted octanol–water partition coefficient (Wildman–Crippen LogP) is 2.50. The van der Waals surface area contributed by atoms with Gasteiger partial charge in [-0.25, -0.2) is 9.18 Å². The highest BCUT2D eigenvalue weighted by Crippen LogP contribution is 2.24. The minimum Gasteiger partial charge on any atom is -0.367 e. The van der Waals surface area contributed by atoms with Crippen LogP contribution in [0.5, 0.6) is 0 Å². The van der Waals surface area contributed by atoms with Crippen LogP contribution in [0.25, 0.3) is 0 Å². The molecule has 31 heavy (non-hydrogen) atoms. The summed E-state index contributed by atoms with van der Waals surface area (Å²) in [5.74, 6) is -0.423. The second-order valence-electron chi connectivity index (χ2n) is 7.95. The number of nitrogens with zero attached hydrogens (tertiary/aromatic N) is 3. The molecule has 3 rings (SSSR count). The summed E-state index contributed by atoms with van der Waals surface area (Å²) in [6, 6.07) is 10.2. The maximum atomic E-state index is 14.2. The van der Waals surface area contributed by atoms with Gasteiger partial charge in [0, 0.05) is 51.0 Å². The highest BCUT2D eigenvalue weighted by atomic mass is 19.1. The van der Waals surface area contributed by atoms with E-state index in [1.807, 2.05) is 36.1 Å². The number of hydrogen-bond acceptors (Lipinski definition) is 4. The lowest BCUT2D eigenvalue weighted by molar-refractivity contribution is -0.128. The number of hydrogen-bond donors (Lipinski definition) is 2. The fraction of sp³-hybridized carbons (Fsp3) is 0.435. The number of aryl methyl sites for hydroxylation is 1. The first-order chi connectivity index (χ1) is 14.9. The van der Waals surface area contributed by atoms with Crippen molar-refractivity contribution < 1.29 is 14.0 Å². The largest absolute Gasteiger partial charge is 0.367 e. The predicted molar refractivity (Wildman–Crippen MR) is 118 cm³/mol. The van der Waals surface area contributed by atoms with Crippen LogP contribution in [-0.2, 0) is 11.2 Å². The molecule has 2 aromatic rings. The Bertz CT molecular complexity index is 893. The molecule has 1 atom stereocenters. The van der Waals surface area contributed by atoms with Gasteiger partial charge < -0.3 is 20.4 Å². The molecule has 7 nitrogen and oxygen atoms in total. The van der Waals surface area contributed by atoms with Crippen LogP contribution in [0.1, 0.15) is 24.1 Å². The first-order valence-electron chi connectivity index (χ1n) is 10.6. The maximum absolute atomic E-state index is 14.2. The summed E-state index contributed by atoms with van der Waals surface area (Å²) < 4.78 is 14.2. The molecule has 166 valence electrons. The average Bonchev–Trinajstić information content (AvgIpc) is 2.78. The normalized spacial score (nSPS) is 16.0. The molecule has 0 aliphatic carbocycles. The summed E-state index contributed by atoms with van der Waals surface area (Å²) in [5, 5.41) is 5.54. The van der Waals surface area contributed by atoms with Crippen molar-refractivity contribution >= 4 is 17.6 Å². The molecule has 1 saturated heterocycles. The van der Waals surface area contributed by atoms with E-state index < -0.39 is 0 Å². The summed E-state index contributed by atoms with van der Waals surface area (Å²) in [6.07, 6.45) is 4.05. The van der Waals surface area contributed by atoms with Gasteiger partial charge in [-0.3, -0.25) is 9.78 Å². The summed E-state index contributed by atoms with van der Waals surface area (Å²) in [6.45, 7) is 3.66. The number of carbonyl (C=O) groups is 2. The number of carbonyl (C=O) groups excluding carboxylic acids is 2. The molecule has 3 amide bonds. The number of nitrogens with one attached hydrogen (secondary N) is 2. The van der Waals surface area contributed by atoms with Crippen molar-refractivity contribution in [3.05, 3.63) is 59.7 Å². The Morgan fingerprint density at radius 3 is 2.90 bits per heavy atom. The van der Waals surface area contributed by atoms with Crippen molar-refractivity contribution in [3.63, 3.8) is 0 Å². The highest BCUT2D eigenvalue weighted by Gasteiger charge is 2.23. The Balaban J connectivity index is 1.42. The molecule has 2 heterocycles. The van der Waals surface area contributed by atoms with Gasteiger partial charge in [0.2, 0.25) is 5.91 Å². The van der Waals surface area contributed by atoms with E-state index in [4.69, 9.17) is 0 Å². The summed E-state index contributed by atoms with van der Waals surface area (Å²) in [5.41, 5.74) is 2.48. The van der Waals surface area contributed by atoms with Crippen LogP contribution >= 0.6 is 0 Å². The van der Waals surface area contributed by atoms with Crippen molar-refractivity contribution in [2.24, 2.45) is 0 Å². The lowest BCUT2D eigenvalue weighted by Crippen LogP contribution is -2.52. The molecule has 1 aliphatic rings. The zero-order valence-corrected chi connectivity index (χ0v) is 18.1. The molecule has 0 spiro atoms. The van der Waals surface area contributed by atoms with E-state index in [0.717, 1.165) is 30.6 Å². The Hall–Kier alpha value is -3.16. The molecule has 0 bridgehead atoms. The van der Waals surface area contributed by atoms with Crippen molar-refractivity contribution in [1.82, 2.24) is 20.5 Å². The number of aromatic nitrogens is 1. The number of halogens is 1. The zero-order valence-electron chi connectivity index (χ0n) is 18.1. The van der Waals surface area contributed by atoms with Crippen molar-refractivity contribution in [2.75, 3.05) is 38.1 Å². The second-order valence-corrected chi connectivity index (χ2v) is 7.95. The van der Waals surface area contributed by atoms with Gasteiger partial charge in [0.15, 0.2) is 0 Å². The van der Waals surface area contributed by atoms with Gasteiger partial charge in [-0.15, -0.1) is 0 Å². The monoisotopic (exact) mass is 427 g/mol. The molecule has 1 aliphatic heterocycles. The molecule has 1 unspecified atom stereocenters. The van der Waals surface area contributed by atoms with Crippen LogP contribution in [0, 0.1) is 12.7 Å². The van der Waals surface area contributed by atoms with Crippen LogP contribution < -0.4 is 15.5 Å². The highest BCUT2D eigenvalue weighted by molar-refractivity contribution is 5.84. The Kier molecular flexibility index (Phi) is 7.81. The number of amides is 3. The van der Waals surface area contributed by atoms with Gasteiger partial charge in [-0.2, -0.15) is 0 Å². The van der Waals surface area contributed by atoms with E-state index in [2.05, 4.69) is 15.6 Å². The molecule has 1 aromatic heterocycles. The van der Waals surface area contributed by atoms with E-state index in [1.54, 1.807) is 24.2 Å². The minimum absolute atomic E-state index is 0.0759. The minimum atomic E-state index is -0.386. The first-order valence-corrected chi connectivity index (χ1v) is 10.6. The second kappa shape index (κ2) is 10.7. The van der Waals surface area contributed by atoms with Crippen LogP contribution in [0.15, 0.2) is 42.6 Å². The van der Waals surface area contributed by atoms with Crippen molar-refractivity contribution in [2.45, 2.75) is 32.2 Å². The smallest absolute Gasteiger partial charge is 0.315 e. The standard InChI is InChI=1S/C23H30FN5O2/c1-17-8-9-20(24)21(14-17)29-12-5-7-19(16-29)27-23(31)26-15-22(30)28(2)13-10-18-6-3-4-11-25-18/h3-4,6,8-9,11,14,19H,5,7,10,12-13,15-16H2,1-2H3,(H2,26,27,31). The molecule has 0 radical (unpaired) electrons. The molecule has 2 N–H and O–H groups in total. The first kappa shape index (κ1) is 22.5. The third kappa shape index (κ3) is 6.67. The topological polar surface area (TPSA) is 77.6 Å². The van der Waals surface area contributed by atoms with Gasteiger partial charge in [0.1, 0.15) is 5.82 Å². The van der Waals surface area contributed by atoms with Gasteiger partial charge in [-0.05, 0) is 49.6 Å². The number of rotatable bonds is 7. The quantitative estimate of drug-likeness (QED) is 0.712. The van der Waals surface area contributed by atoms with Gasteiger partial charge in [0.25, 0.3) is 0 Å². The molecule has 1 fully saturated rings. The third-order valence-electron chi connectivity index (χ3n) is 5.45. The van der Waals surface area contributed by atoms with Crippen LogP contribution in [0.3, 0.4) is 0 Å². The molecule has 1 aromatic carbocycles. The van der Waals surface area contributed by atoms with E-state index in [-0.39, 0.29) is 30.3 Å². The van der Waals surface area contributed by atoms with Gasteiger partial charge in [0.05, 0.1) is 12.2 Å². The van der Waals surface area contributed by atoms with Gasteiger partial charge >= 0.3 is 6.03 Å². The van der Waals surface area contributed by atoms with E-state index >= 15 is 0 Å². The van der Waals surface area contributed by atoms with Crippen molar-refractivity contribution in [1.29, 1.82) is 0 Å². The van der Waals surface area contributed by atoms with Crippen LogP contribution in [0.4, 0.5) is 14.9 Å². The average molecular weight is 428 g/mol. The number of likely N-dealkylation sites (N-methyl/N-ethyl adjacent to an activating group) is 1. The fourth-order valence-electron chi connectivity index (χ4n) is 3.66. The van der Waals surface area contributed by atoms with Crippen LogP contribution in [-0.4, -0.2) is 61.1 Å². The van der Waals surface area contributed by atoms with Crippen LogP contribution in [0.2, 0.25) is 0 Å². The van der Waals surface area contributed by atoms with Gasteiger partial charge in [-0.1, -0.05) is 12.1 Å². The van der Waals surface area contributed by atoms with E-state index in [0.29, 0.717) is 25.2 Å². The SMILES string of the molecule is Cc1ccc(F)c(N2CCCC(NC(=O)NCC(=O)N(C)CCc3ccccn3)C2)c1. The summed E-state index contributed by atoms with van der Waals surface area (Å²) in [4.78, 5) is 32.4. The lowest BCUT2D eigenvalue weighted by Gasteiger charge is -2.35. The zero-order chi connectivity index (χ0) is 22.2. The Labute approximate surface area is 182 Å². The number of anilines is 1. The number of urea groups is 1. The number of benzene rings is 1. The Morgan fingerprint density at radius 1 is 1.29 bits per heavy atom. The molecule has 8 heteroatoms.